The highest BCUT2D eigenvalue weighted by atomic mass is 32.1. The van der Waals surface area contributed by atoms with E-state index in [1.165, 1.54) is 11.3 Å². The van der Waals surface area contributed by atoms with E-state index in [4.69, 9.17) is 0 Å². The van der Waals surface area contributed by atoms with Gasteiger partial charge in [0.2, 0.25) is 0 Å². The zero-order valence-corrected chi connectivity index (χ0v) is 12.1. The van der Waals surface area contributed by atoms with E-state index >= 15 is 0 Å². The number of carbonyl (C=O) groups excluding carboxylic acids is 2. The number of thiophene rings is 1. The molecule has 6 heteroatoms. The Hall–Kier alpha value is -1.56. The maximum atomic E-state index is 11.9. The van der Waals surface area contributed by atoms with Gasteiger partial charge in [-0.15, -0.1) is 11.3 Å². The summed E-state index contributed by atoms with van der Waals surface area (Å²) in [7, 11) is 0. The number of piperidine rings is 1. The van der Waals surface area contributed by atoms with Crippen molar-refractivity contribution in [2.45, 2.75) is 37.8 Å². The second-order valence-corrected chi connectivity index (χ2v) is 6.38. The SMILES string of the molecule is O=C(NC1CCN(C(=O)NC2CC2)CC1)c1cccs1. The Bertz CT molecular complexity index is 477. The van der Waals surface area contributed by atoms with Crippen LogP contribution in [0.4, 0.5) is 4.79 Å². The smallest absolute Gasteiger partial charge is 0.317 e. The number of urea groups is 1. The summed E-state index contributed by atoms with van der Waals surface area (Å²) in [4.78, 5) is 26.4. The van der Waals surface area contributed by atoms with Crippen LogP contribution in [0.25, 0.3) is 0 Å². The van der Waals surface area contributed by atoms with Crippen LogP contribution in [-0.4, -0.2) is 42.0 Å². The van der Waals surface area contributed by atoms with E-state index in [-0.39, 0.29) is 18.0 Å². The molecule has 3 amide bonds. The summed E-state index contributed by atoms with van der Waals surface area (Å²) in [6.07, 6.45) is 3.88. The van der Waals surface area contributed by atoms with Gasteiger partial charge in [-0.1, -0.05) is 6.07 Å². The molecule has 1 aromatic rings. The molecule has 0 aromatic carbocycles. The van der Waals surface area contributed by atoms with E-state index in [2.05, 4.69) is 10.6 Å². The number of nitrogens with zero attached hydrogens (tertiary/aromatic N) is 1. The van der Waals surface area contributed by atoms with E-state index < -0.39 is 0 Å². The molecule has 2 aliphatic rings. The third-order valence-corrected chi connectivity index (χ3v) is 4.64. The second kappa shape index (κ2) is 5.83. The van der Waals surface area contributed by atoms with E-state index in [9.17, 15) is 9.59 Å². The molecule has 1 aliphatic heterocycles. The van der Waals surface area contributed by atoms with Crippen LogP contribution < -0.4 is 10.6 Å². The molecule has 1 aromatic heterocycles. The second-order valence-electron chi connectivity index (χ2n) is 5.44. The Morgan fingerprint density at radius 3 is 2.40 bits per heavy atom. The van der Waals surface area contributed by atoms with Gasteiger partial charge in [0.25, 0.3) is 5.91 Å². The molecule has 2 heterocycles. The minimum absolute atomic E-state index is 0.000817. The average Bonchev–Trinajstić information content (AvgIpc) is 3.08. The van der Waals surface area contributed by atoms with Crippen LogP contribution in [0.1, 0.15) is 35.4 Å². The zero-order valence-electron chi connectivity index (χ0n) is 11.3. The van der Waals surface area contributed by atoms with Gasteiger partial charge in [0.05, 0.1) is 4.88 Å². The average molecular weight is 293 g/mol. The predicted molar refractivity (Wildman–Crippen MR) is 77.9 cm³/mol. The fraction of sp³-hybridized carbons (Fsp3) is 0.571. The number of hydrogen-bond acceptors (Lipinski definition) is 3. The first-order valence-electron chi connectivity index (χ1n) is 7.12. The first kappa shape index (κ1) is 13.4. The van der Waals surface area contributed by atoms with E-state index in [0.717, 1.165) is 30.6 Å². The molecule has 1 saturated carbocycles. The van der Waals surface area contributed by atoms with Crippen LogP contribution in [0.15, 0.2) is 17.5 Å². The molecular weight excluding hydrogens is 274 g/mol. The van der Waals surface area contributed by atoms with Crippen molar-refractivity contribution < 1.29 is 9.59 Å². The van der Waals surface area contributed by atoms with Crippen molar-refractivity contribution in [1.29, 1.82) is 0 Å². The molecule has 2 N–H and O–H groups in total. The molecule has 3 rings (SSSR count). The summed E-state index contributed by atoms with van der Waals surface area (Å²) in [5, 5.41) is 7.95. The number of nitrogens with one attached hydrogen (secondary N) is 2. The van der Waals surface area contributed by atoms with Crippen LogP contribution in [0, 0.1) is 0 Å². The molecule has 0 unspecified atom stereocenters. The van der Waals surface area contributed by atoms with Crippen molar-refractivity contribution in [3.05, 3.63) is 22.4 Å². The summed E-state index contributed by atoms with van der Waals surface area (Å²) in [5.74, 6) is 0.000817. The number of amides is 3. The van der Waals surface area contributed by atoms with Crippen LogP contribution in [0.5, 0.6) is 0 Å². The van der Waals surface area contributed by atoms with Crippen molar-refractivity contribution in [3.8, 4) is 0 Å². The van der Waals surface area contributed by atoms with Crippen molar-refractivity contribution in [2.24, 2.45) is 0 Å². The molecule has 1 saturated heterocycles. The Morgan fingerprint density at radius 1 is 1.10 bits per heavy atom. The van der Waals surface area contributed by atoms with Crippen molar-refractivity contribution >= 4 is 23.3 Å². The number of rotatable bonds is 3. The van der Waals surface area contributed by atoms with Gasteiger partial charge in [0.1, 0.15) is 0 Å². The largest absolute Gasteiger partial charge is 0.348 e. The minimum atomic E-state index is 0.000817. The molecule has 0 radical (unpaired) electrons. The summed E-state index contributed by atoms with van der Waals surface area (Å²) in [6, 6.07) is 4.34. The molecule has 5 nitrogen and oxygen atoms in total. The number of carbonyl (C=O) groups is 2. The molecule has 2 fully saturated rings. The topological polar surface area (TPSA) is 61.4 Å². The lowest BCUT2D eigenvalue weighted by Crippen LogP contribution is -2.49. The number of likely N-dealkylation sites (tertiary alicyclic amines) is 1. The summed E-state index contributed by atoms with van der Waals surface area (Å²) in [6.45, 7) is 1.43. The first-order valence-corrected chi connectivity index (χ1v) is 8.00. The highest BCUT2D eigenvalue weighted by molar-refractivity contribution is 7.12. The molecule has 0 atom stereocenters. The fourth-order valence-electron chi connectivity index (χ4n) is 2.38. The van der Waals surface area contributed by atoms with Crippen LogP contribution in [0.2, 0.25) is 0 Å². The van der Waals surface area contributed by atoms with Crippen LogP contribution >= 0.6 is 11.3 Å². The van der Waals surface area contributed by atoms with Crippen LogP contribution in [-0.2, 0) is 0 Å². The molecule has 0 spiro atoms. The summed E-state index contributed by atoms with van der Waals surface area (Å²) < 4.78 is 0. The van der Waals surface area contributed by atoms with Gasteiger partial charge in [-0.25, -0.2) is 4.79 Å². The monoisotopic (exact) mass is 293 g/mol. The van der Waals surface area contributed by atoms with Crippen molar-refractivity contribution in [2.75, 3.05) is 13.1 Å². The predicted octanol–water partition coefficient (Wildman–Crippen LogP) is 1.81. The van der Waals surface area contributed by atoms with Gasteiger partial charge in [0, 0.05) is 25.2 Å². The molecule has 0 bridgehead atoms. The van der Waals surface area contributed by atoms with Crippen molar-refractivity contribution in [3.63, 3.8) is 0 Å². The Morgan fingerprint density at radius 2 is 1.80 bits per heavy atom. The molecule has 108 valence electrons. The lowest BCUT2D eigenvalue weighted by atomic mass is 10.1. The molecule has 1 aliphatic carbocycles. The maximum Gasteiger partial charge on any atom is 0.317 e. The fourth-order valence-corrected chi connectivity index (χ4v) is 3.01. The molecular formula is C14H19N3O2S. The minimum Gasteiger partial charge on any atom is -0.348 e. The van der Waals surface area contributed by atoms with Gasteiger partial charge in [-0.2, -0.15) is 0 Å². The maximum absolute atomic E-state index is 11.9. The highest BCUT2D eigenvalue weighted by Gasteiger charge is 2.28. The van der Waals surface area contributed by atoms with Gasteiger partial charge >= 0.3 is 6.03 Å². The van der Waals surface area contributed by atoms with Gasteiger partial charge in [-0.3, -0.25) is 4.79 Å². The third kappa shape index (κ3) is 3.30. The third-order valence-electron chi connectivity index (χ3n) is 3.77. The van der Waals surface area contributed by atoms with Crippen LogP contribution in [0.3, 0.4) is 0 Å². The highest BCUT2D eigenvalue weighted by Crippen LogP contribution is 2.20. The molecule has 20 heavy (non-hydrogen) atoms. The summed E-state index contributed by atoms with van der Waals surface area (Å²) in [5.41, 5.74) is 0. The Balaban J connectivity index is 1.43. The zero-order chi connectivity index (χ0) is 13.9. The Kier molecular flexibility index (Phi) is 3.91. The van der Waals surface area contributed by atoms with Gasteiger partial charge in [0.15, 0.2) is 0 Å². The van der Waals surface area contributed by atoms with Gasteiger partial charge < -0.3 is 15.5 Å². The quantitative estimate of drug-likeness (QED) is 0.893. The van der Waals surface area contributed by atoms with Gasteiger partial charge in [-0.05, 0) is 37.1 Å². The Labute approximate surface area is 122 Å². The lowest BCUT2D eigenvalue weighted by molar-refractivity contribution is 0.0922. The van der Waals surface area contributed by atoms with E-state index in [0.29, 0.717) is 19.1 Å². The first-order chi connectivity index (χ1) is 9.72. The lowest BCUT2D eigenvalue weighted by Gasteiger charge is -2.32. The van der Waals surface area contributed by atoms with E-state index in [1.807, 2.05) is 22.4 Å². The van der Waals surface area contributed by atoms with Crippen molar-refractivity contribution in [1.82, 2.24) is 15.5 Å². The normalized spacial score (nSPS) is 19.7. The number of hydrogen-bond donors (Lipinski definition) is 2. The summed E-state index contributed by atoms with van der Waals surface area (Å²) >= 11 is 1.45. The van der Waals surface area contributed by atoms with E-state index in [1.54, 1.807) is 0 Å². The standard InChI is InChI=1S/C14H19N3O2S/c18-13(12-2-1-9-20-12)15-11-5-7-17(8-6-11)14(19)16-10-3-4-10/h1-2,9-11H,3-8H2,(H,15,18)(H,16,19).